The summed E-state index contributed by atoms with van der Waals surface area (Å²) in [6.45, 7) is 0.606. The van der Waals surface area contributed by atoms with Gasteiger partial charge in [-0.05, 0) is 36.6 Å². The number of carbonyl (C=O) groups is 2. The van der Waals surface area contributed by atoms with Gasteiger partial charge >= 0.3 is 6.09 Å². The lowest BCUT2D eigenvalue weighted by Crippen LogP contribution is -2.53. The second-order valence-electron chi connectivity index (χ2n) is 7.94. The highest BCUT2D eigenvalue weighted by molar-refractivity contribution is 7.77. The van der Waals surface area contributed by atoms with E-state index >= 15 is 0 Å². The van der Waals surface area contributed by atoms with Crippen molar-refractivity contribution in [3.8, 4) is 0 Å². The number of piperidine rings is 1. The van der Waals surface area contributed by atoms with Gasteiger partial charge in [0.15, 0.2) is 0 Å². The van der Waals surface area contributed by atoms with E-state index in [9.17, 15) is 13.8 Å². The van der Waals surface area contributed by atoms with Crippen LogP contribution in [0.3, 0.4) is 0 Å². The van der Waals surface area contributed by atoms with Gasteiger partial charge in [-0.15, -0.1) is 5.06 Å². The number of halogens is 2. The number of hydroxylamine groups is 2. The van der Waals surface area contributed by atoms with E-state index in [0.717, 1.165) is 11.1 Å². The summed E-state index contributed by atoms with van der Waals surface area (Å²) in [5.41, 5.74) is 1.41. The quantitative estimate of drug-likeness (QED) is 0.435. The van der Waals surface area contributed by atoms with Crippen LogP contribution in [0.2, 0.25) is 10.0 Å². The number of rotatable bonds is 5. The Kier molecular flexibility index (Phi) is 7.15. The molecule has 1 aliphatic heterocycles. The smallest absolute Gasteiger partial charge is 0.350 e. The molecule has 0 saturated carbocycles. The van der Waals surface area contributed by atoms with Crippen LogP contribution in [0, 0.1) is 0 Å². The van der Waals surface area contributed by atoms with E-state index < -0.39 is 22.9 Å². The molecule has 9 nitrogen and oxygen atoms in total. The Morgan fingerprint density at radius 3 is 2.44 bits per heavy atom. The fraction of sp³-hybridized carbons (Fsp3) is 0.273. The minimum absolute atomic E-state index is 0.280. The molecule has 2 heterocycles. The van der Waals surface area contributed by atoms with E-state index in [1.54, 1.807) is 28.5 Å². The first-order valence-electron chi connectivity index (χ1n) is 10.4. The van der Waals surface area contributed by atoms with Gasteiger partial charge in [0.2, 0.25) is 0 Å². The van der Waals surface area contributed by atoms with E-state index in [-0.39, 0.29) is 5.91 Å². The highest BCUT2D eigenvalue weighted by atomic mass is 35.5. The summed E-state index contributed by atoms with van der Waals surface area (Å²) in [6.07, 6.45) is -0.146. The molecular weight excluding hydrogens is 503 g/mol. The van der Waals surface area contributed by atoms with Gasteiger partial charge in [0.05, 0.1) is 15.6 Å². The van der Waals surface area contributed by atoms with Crippen molar-refractivity contribution >= 4 is 57.4 Å². The number of nitrogens with one attached hydrogen (secondary N) is 2. The SMILES string of the molecule is Cn1c(C(=O)NC2(c3ccccc3)CCN(OC(=O)NS(=O)O)CC2)cc2c(Cl)c(Cl)ccc21. The number of aromatic nitrogens is 1. The Bertz CT molecular complexity index is 1260. The Morgan fingerprint density at radius 1 is 1.12 bits per heavy atom. The van der Waals surface area contributed by atoms with Crippen molar-refractivity contribution in [1.82, 2.24) is 19.7 Å². The van der Waals surface area contributed by atoms with Crippen LogP contribution in [0.5, 0.6) is 0 Å². The molecule has 4 rings (SSSR count). The lowest BCUT2D eigenvalue weighted by Gasteiger charge is -2.41. The molecule has 12 heteroatoms. The summed E-state index contributed by atoms with van der Waals surface area (Å²) in [5.74, 6) is -0.280. The number of fused-ring (bicyclic) bond motifs is 1. The Balaban J connectivity index is 1.59. The maximum absolute atomic E-state index is 13.5. The summed E-state index contributed by atoms with van der Waals surface area (Å²) < 4.78 is 23.0. The third-order valence-electron chi connectivity index (χ3n) is 5.98. The first-order valence-corrected chi connectivity index (χ1v) is 12.2. The average Bonchev–Trinajstić information content (AvgIpc) is 3.15. The zero-order chi connectivity index (χ0) is 24.5. The van der Waals surface area contributed by atoms with E-state index in [2.05, 4.69) is 5.32 Å². The van der Waals surface area contributed by atoms with E-state index in [1.165, 1.54) is 5.06 Å². The zero-order valence-corrected chi connectivity index (χ0v) is 20.4. The van der Waals surface area contributed by atoms with Crippen LogP contribution in [0.25, 0.3) is 10.9 Å². The largest absolute Gasteiger partial charge is 0.440 e. The highest BCUT2D eigenvalue weighted by Crippen LogP contribution is 2.35. The van der Waals surface area contributed by atoms with Crippen LogP contribution in [0.15, 0.2) is 48.5 Å². The molecule has 0 radical (unpaired) electrons. The number of hydrogen-bond donors (Lipinski definition) is 3. The monoisotopic (exact) mass is 524 g/mol. The van der Waals surface area contributed by atoms with Gasteiger partial charge in [-0.2, -0.15) is 0 Å². The van der Waals surface area contributed by atoms with Crippen molar-refractivity contribution in [2.45, 2.75) is 18.4 Å². The number of carbonyl (C=O) groups excluding carboxylic acids is 2. The topological polar surface area (TPSA) is 113 Å². The molecule has 1 aromatic heterocycles. The number of benzene rings is 2. The van der Waals surface area contributed by atoms with Crippen LogP contribution < -0.4 is 10.0 Å². The van der Waals surface area contributed by atoms with Gasteiger partial charge in [0, 0.05) is 31.0 Å². The first kappa shape index (κ1) is 24.5. The minimum Gasteiger partial charge on any atom is -0.350 e. The molecule has 1 unspecified atom stereocenters. The minimum atomic E-state index is -2.51. The molecule has 34 heavy (non-hydrogen) atoms. The summed E-state index contributed by atoms with van der Waals surface area (Å²) in [4.78, 5) is 30.2. The Morgan fingerprint density at radius 2 is 1.79 bits per heavy atom. The molecule has 3 N–H and O–H groups in total. The average molecular weight is 525 g/mol. The molecule has 0 spiro atoms. The summed E-state index contributed by atoms with van der Waals surface area (Å²) in [5, 5.41) is 6.08. The van der Waals surface area contributed by atoms with Gasteiger partial charge in [-0.3, -0.25) is 9.35 Å². The highest BCUT2D eigenvalue weighted by Gasteiger charge is 2.39. The van der Waals surface area contributed by atoms with Crippen molar-refractivity contribution in [2.75, 3.05) is 13.1 Å². The third-order valence-corrected chi connectivity index (χ3v) is 7.14. The number of hydrogen-bond acceptors (Lipinski definition) is 5. The predicted octanol–water partition coefficient (Wildman–Crippen LogP) is 3.98. The van der Waals surface area contributed by atoms with Crippen LogP contribution in [-0.2, 0) is 28.7 Å². The van der Waals surface area contributed by atoms with E-state index in [4.69, 9.17) is 32.6 Å². The fourth-order valence-electron chi connectivity index (χ4n) is 4.26. The summed E-state index contributed by atoms with van der Waals surface area (Å²) >= 11 is 9.99. The van der Waals surface area contributed by atoms with E-state index in [1.807, 2.05) is 36.4 Å². The molecular formula is C22H22Cl2N4O5S. The second kappa shape index (κ2) is 9.93. The fourth-order valence-corrected chi connectivity index (χ4v) is 4.82. The summed E-state index contributed by atoms with van der Waals surface area (Å²) in [6, 6.07) is 14.8. The Labute approximate surface area is 208 Å². The molecule has 180 valence electrons. The molecule has 2 amide bonds. The molecule has 1 fully saturated rings. The van der Waals surface area contributed by atoms with Crippen LogP contribution in [0.4, 0.5) is 4.79 Å². The van der Waals surface area contributed by atoms with Gasteiger partial charge in [0.1, 0.15) is 5.69 Å². The van der Waals surface area contributed by atoms with Gasteiger partial charge in [-0.1, -0.05) is 53.5 Å². The third kappa shape index (κ3) is 4.91. The standard InChI is InChI=1S/C22H22Cl2N4O5S/c1-27-17-8-7-16(23)19(24)15(17)13-18(27)20(29)25-22(14-5-3-2-4-6-14)9-11-28(12-10-22)33-21(30)26-34(31)32/h2-8,13H,9-12H2,1H3,(H,25,29)(H,26,30)(H,31,32). The molecule has 2 aromatic carbocycles. The van der Waals surface area contributed by atoms with E-state index in [0.29, 0.717) is 47.1 Å². The molecule has 1 saturated heterocycles. The second-order valence-corrected chi connectivity index (χ2v) is 9.43. The molecule has 0 aliphatic carbocycles. The lowest BCUT2D eigenvalue weighted by atomic mass is 9.81. The van der Waals surface area contributed by atoms with Crippen LogP contribution >= 0.6 is 23.2 Å². The maximum atomic E-state index is 13.5. The number of aryl methyl sites for hydroxylation is 1. The van der Waals surface area contributed by atoms with Crippen molar-refractivity contribution in [2.24, 2.45) is 7.05 Å². The maximum Gasteiger partial charge on any atom is 0.440 e. The van der Waals surface area contributed by atoms with Crippen LogP contribution in [-0.4, -0.2) is 43.5 Å². The van der Waals surface area contributed by atoms with Crippen molar-refractivity contribution in [3.05, 3.63) is 69.8 Å². The molecule has 3 aromatic rings. The predicted molar refractivity (Wildman–Crippen MR) is 130 cm³/mol. The van der Waals surface area contributed by atoms with Gasteiger partial charge in [0.25, 0.3) is 17.2 Å². The molecule has 1 aliphatic rings. The first-order chi connectivity index (χ1) is 16.2. The lowest BCUT2D eigenvalue weighted by molar-refractivity contribution is -0.122. The molecule has 0 bridgehead atoms. The normalized spacial score (nSPS) is 16.7. The van der Waals surface area contributed by atoms with Gasteiger partial charge < -0.3 is 14.7 Å². The van der Waals surface area contributed by atoms with Crippen LogP contribution in [0.1, 0.15) is 28.9 Å². The van der Waals surface area contributed by atoms with Crippen molar-refractivity contribution < 1.29 is 23.2 Å². The number of amides is 2. The van der Waals surface area contributed by atoms with Crippen molar-refractivity contribution in [3.63, 3.8) is 0 Å². The summed E-state index contributed by atoms with van der Waals surface area (Å²) in [7, 11) is 1.79. The van der Waals surface area contributed by atoms with Crippen molar-refractivity contribution in [1.29, 1.82) is 0 Å². The number of nitrogens with zero attached hydrogens (tertiary/aromatic N) is 2. The zero-order valence-electron chi connectivity index (χ0n) is 18.1. The Hall–Kier alpha value is -2.63. The van der Waals surface area contributed by atoms with Gasteiger partial charge in [-0.25, -0.2) is 13.7 Å². The molecule has 1 atom stereocenters.